The number of rotatable bonds is 6. The zero-order valence-corrected chi connectivity index (χ0v) is 11.0. The van der Waals surface area contributed by atoms with Gasteiger partial charge in [0, 0.05) is 24.8 Å². The minimum atomic E-state index is -0.529. The van der Waals surface area contributed by atoms with Gasteiger partial charge >= 0.3 is 0 Å². The summed E-state index contributed by atoms with van der Waals surface area (Å²) in [5.41, 5.74) is 0.684. The van der Waals surface area contributed by atoms with Crippen molar-refractivity contribution < 1.29 is 10.0 Å². The highest BCUT2D eigenvalue weighted by Gasteiger charge is 2.16. The van der Waals surface area contributed by atoms with E-state index in [0.29, 0.717) is 12.1 Å². The van der Waals surface area contributed by atoms with Crippen LogP contribution in [0.15, 0.2) is 18.2 Å². The van der Waals surface area contributed by atoms with E-state index in [2.05, 4.69) is 5.32 Å². The van der Waals surface area contributed by atoms with Gasteiger partial charge < -0.3 is 10.4 Å². The van der Waals surface area contributed by atoms with Crippen molar-refractivity contribution >= 4 is 11.4 Å². The summed E-state index contributed by atoms with van der Waals surface area (Å²) in [4.78, 5) is 10.1. The SMILES string of the molecule is CC(C)C(CCO)Nc1ccc([N+](=O)[O-])cc1C#N. The number of hydrogen-bond acceptors (Lipinski definition) is 5. The van der Waals surface area contributed by atoms with Gasteiger partial charge in [0.1, 0.15) is 6.07 Å². The Kier molecular flexibility index (Phi) is 5.27. The first-order valence-corrected chi connectivity index (χ1v) is 6.05. The lowest BCUT2D eigenvalue weighted by molar-refractivity contribution is -0.384. The predicted octanol–water partition coefficient (Wildman–Crippen LogP) is 2.29. The first-order chi connectivity index (χ1) is 8.99. The topological polar surface area (TPSA) is 99.2 Å². The number of aliphatic hydroxyl groups is 1. The minimum Gasteiger partial charge on any atom is -0.396 e. The Labute approximate surface area is 111 Å². The molecule has 19 heavy (non-hydrogen) atoms. The van der Waals surface area contributed by atoms with Crippen LogP contribution in [-0.4, -0.2) is 22.7 Å². The van der Waals surface area contributed by atoms with Crippen molar-refractivity contribution in [2.45, 2.75) is 26.3 Å². The van der Waals surface area contributed by atoms with Crippen LogP contribution in [0.25, 0.3) is 0 Å². The van der Waals surface area contributed by atoms with Crippen molar-refractivity contribution in [1.82, 2.24) is 0 Å². The van der Waals surface area contributed by atoms with Crippen LogP contribution in [0.4, 0.5) is 11.4 Å². The molecule has 2 N–H and O–H groups in total. The quantitative estimate of drug-likeness (QED) is 0.606. The summed E-state index contributed by atoms with van der Waals surface area (Å²) in [6.45, 7) is 4.06. The molecule has 0 spiro atoms. The zero-order valence-electron chi connectivity index (χ0n) is 11.0. The van der Waals surface area contributed by atoms with Crippen molar-refractivity contribution in [3.63, 3.8) is 0 Å². The Morgan fingerprint density at radius 3 is 2.68 bits per heavy atom. The van der Waals surface area contributed by atoms with E-state index in [-0.39, 0.29) is 29.8 Å². The molecule has 0 aliphatic carbocycles. The lowest BCUT2D eigenvalue weighted by atomic mass is 10.0. The van der Waals surface area contributed by atoms with Gasteiger partial charge in [-0.3, -0.25) is 10.1 Å². The molecule has 102 valence electrons. The predicted molar refractivity (Wildman–Crippen MR) is 71.8 cm³/mol. The maximum Gasteiger partial charge on any atom is 0.270 e. The van der Waals surface area contributed by atoms with Gasteiger partial charge in [0.15, 0.2) is 0 Å². The number of nitrogens with one attached hydrogen (secondary N) is 1. The van der Waals surface area contributed by atoms with Crippen LogP contribution in [-0.2, 0) is 0 Å². The summed E-state index contributed by atoms with van der Waals surface area (Å²) in [7, 11) is 0. The number of anilines is 1. The Bertz CT molecular complexity index is 494. The van der Waals surface area contributed by atoms with Gasteiger partial charge in [0.25, 0.3) is 5.69 Å². The summed E-state index contributed by atoms with van der Waals surface area (Å²) in [5, 5.41) is 31.9. The molecule has 0 aromatic heterocycles. The summed E-state index contributed by atoms with van der Waals surface area (Å²) in [6, 6.07) is 6.10. The summed E-state index contributed by atoms with van der Waals surface area (Å²) in [5.74, 6) is 0.272. The third kappa shape index (κ3) is 3.93. The second-order valence-electron chi connectivity index (χ2n) is 4.61. The number of non-ortho nitro benzene ring substituents is 1. The van der Waals surface area contributed by atoms with Crippen LogP contribution in [0, 0.1) is 27.4 Å². The van der Waals surface area contributed by atoms with Gasteiger partial charge in [-0.05, 0) is 18.4 Å². The van der Waals surface area contributed by atoms with Crippen LogP contribution in [0.1, 0.15) is 25.8 Å². The van der Waals surface area contributed by atoms with Gasteiger partial charge in [-0.2, -0.15) is 5.26 Å². The maximum atomic E-state index is 10.7. The molecule has 1 rings (SSSR count). The van der Waals surface area contributed by atoms with Crippen LogP contribution < -0.4 is 5.32 Å². The van der Waals surface area contributed by atoms with Crippen molar-refractivity contribution in [3.05, 3.63) is 33.9 Å². The third-order valence-electron chi connectivity index (χ3n) is 2.92. The molecule has 0 radical (unpaired) electrons. The number of nitriles is 1. The van der Waals surface area contributed by atoms with E-state index in [9.17, 15) is 10.1 Å². The zero-order chi connectivity index (χ0) is 14.4. The first-order valence-electron chi connectivity index (χ1n) is 6.05. The van der Waals surface area contributed by atoms with Crippen molar-refractivity contribution in [1.29, 1.82) is 5.26 Å². The van der Waals surface area contributed by atoms with Gasteiger partial charge in [0.2, 0.25) is 0 Å². The molecule has 0 aliphatic rings. The molecule has 0 heterocycles. The summed E-state index contributed by atoms with van der Waals surface area (Å²) < 4.78 is 0. The fraction of sp³-hybridized carbons (Fsp3) is 0.462. The minimum absolute atomic E-state index is 0.0126. The fourth-order valence-electron chi connectivity index (χ4n) is 1.78. The molecule has 6 heteroatoms. The number of hydrogen-bond donors (Lipinski definition) is 2. The van der Waals surface area contributed by atoms with Crippen LogP contribution in [0.2, 0.25) is 0 Å². The van der Waals surface area contributed by atoms with E-state index < -0.39 is 4.92 Å². The van der Waals surface area contributed by atoms with Crippen molar-refractivity contribution in [3.8, 4) is 6.07 Å². The molecule has 1 atom stereocenters. The average molecular weight is 263 g/mol. The van der Waals surface area contributed by atoms with E-state index in [1.165, 1.54) is 18.2 Å². The van der Waals surface area contributed by atoms with Gasteiger partial charge in [-0.25, -0.2) is 0 Å². The smallest absolute Gasteiger partial charge is 0.270 e. The van der Waals surface area contributed by atoms with E-state index in [4.69, 9.17) is 10.4 Å². The molecule has 6 nitrogen and oxygen atoms in total. The van der Waals surface area contributed by atoms with Crippen molar-refractivity contribution in [2.75, 3.05) is 11.9 Å². The van der Waals surface area contributed by atoms with E-state index in [0.717, 1.165) is 0 Å². The molecule has 0 saturated heterocycles. The maximum absolute atomic E-state index is 10.7. The number of nitro benzene ring substituents is 1. The second kappa shape index (κ2) is 6.71. The molecule has 0 fully saturated rings. The van der Waals surface area contributed by atoms with E-state index in [1.54, 1.807) is 0 Å². The largest absolute Gasteiger partial charge is 0.396 e. The first kappa shape index (κ1) is 14.9. The Morgan fingerprint density at radius 2 is 2.21 bits per heavy atom. The molecule has 1 unspecified atom stereocenters. The highest BCUT2D eigenvalue weighted by atomic mass is 16.6. The number of aliphatic hydroxyl groups excluding tert-OH is 1. The van der Waals surface area contributed by atoms with Gasteiger partial charge in [-0.15, -0.1) is 0 Å². The van der Waals surface area contributed by atoms with E-state index >= 15 is 0 Å². The number of benzene rings is 1. The standard InChI is InChI=1S/C13H17N3O3/c1-9(2)12(5-6-17)15-13-4-3-11(16(18)19)7-10(13)8-14/h3-4,7,9,12,15,17H,5-6H2,1-2H3. The highest BCUT2D eigenvalue weighted by molar-refractivity contribution is 5.61. The Morgan fingerprint density at radius 1 is 1.53 bits per heavy atom. The molecule has 1 aromatic rings. The molecule has 0 saturated carbocycles. The van der Waals surface area contributed by atoms with Crippen LogP contribution >= 0.6 is 0 Å². The lowest BCUT2D eigenvalue weighted by Crippen LogP contribution is -2.27. The summed E-state index contributed by atoms with van der Waals surface area (Å²) in [6.07, 6.45) is 0.555. The number of nitro groups is 1. The third-order valence-corrected chi connectivity index (χ3v) is 2.92. The molecule has 0 aliphatic heterocycles. The Balaban J connectivity index is 3.00. The second-order valence-corrected chi connectivity index (χ2v) is 4.61. The lowest BCUT2D eigenvalue weighted by Gasteiger charge is -2.23. The van der Waals surface area contributed by atoms with Gasteiger partial charge in [-0.1, -0.05) is 13.8 Å². The summed E-state index contributed by atoms with van der Waals surface area (Å²) >= 11 is 0. The normalized spacial score (nSPS) is 11.9. The van der Waals surface area contributed by atoms with Crippen molar-refractivity contribution in [2.24, 2.45) is 5.92 Å². The molecular formula is C13H17N3O3. The molecular weight excluding hydrogens is 246 g/mol. The average Bonchev–Trinajstić information content (AvgIpc) is 2.38. The van der Waals surface area contributed by atoms with E-state index in [1.807, 2.05) is 19.9 Å². The van der Waals surface area contributed by atoms with Crippen LogP contribution in [0.3, 0.4) is 0 Å². The Hall–Kier alpha value is -2.13. The molecule has 1 aromatic carbocycles. The van der Waals surface area contributed by atoms with Crippen LogP contribution in [0.5, 0.6) is 0 Å². The van der Waals surface area contributed by atoms with Gasteiger partial charge in [0.05, 0.1) is 16.2 Å². The molecule has 0 bridgehead atoms. The molecule has 0 amide bonds. The fourth-order valence-corrected chi connectivity index (χ4v) is 1.78. The number of nitrogens with zero attached hydrogens (tertiary/aromatic N) is 2. The monoisotopic (exact) mass is 263 g/mol. The highest BCUT2D eigenvalue weighted by Crippen LogP contribution is 2.23.